The predicted molar refractivity (Wildman–Crippen MR) is 112 cm³/mol. The summed E-state index contributed by atoms with van der Waals surface area (Å²) in [4.78, 5) is 38.9. The number of amides is 2. The number of thiophene rings is 1. The number of aromatic carboxylic acids is 1. The van der Waals surface area contributed by atoms with Gasteiger partial charge in [0.05, 0.1) is 4.91 Å². The minimum absolute atomic E-state index is 0.187. The van der Waals surface area contributed by atoms with E-state index in [1.165, 1.54) is 35.3 Å². The Kier molecular flexibility index (Phi) is 5.82. The minimum atomic E-state index is -1.32. The van der Waals surface area contributed by atoms with Gasteiger partial charge in [0.15, 0.2) is 0 Å². The molecule has 1 aromatic carbocycles. The number of nitrogens with zero attached hydrogens (tertiary/aromatic N) is 1. The highest BCUT2D eigenvalue weighted by Crippen LogP contribution is 2.34. The standard InChI is InChI=1S/C18H14N2O5S3/c1-9(15(22)19-10-4-5-13(21)12(7-10)17(24)25)20-16(23)14(28-18(20)26)8-11-3-2-6-27-11/h2-9,21H,1H3,(H,19,22)(H,24,25)/b14-8+/t9-/m1/s1. The maximum absolute atomic E-state index is 12.7. The predicted octanol–water partition coefficient (Wildman–Crippen LogP) is 3.38. The first-order chi connectivity index (χ1) is 13.3. The summed E-state index contributed by atoms with van der Waals surface area (Å²) in [7, 11) is 0. The first kappa shape index (κ1) is 20.1. The molecule has 3 rings (SSSR count). The van der Waals surface area contributed by atoms with Gasteiger partial charge in [0.1, 0.15) is 21.7 Å². The SMILES string of the molecule is C[C@H](C(=O)Nc1ccc(O)c(C(=O)O)c1)N1C(=O)/C(=C\c2cccs2)SC1=S. The number of carboxylic acids is 1. The maximum atomic E-state index is 12.7. The van der Waals surface area contributed by atoms with Crippen molar-refractivity contribution in [1.82, 2.24) is 4.90 Å². The maximum Gasteiger partial charge on any atom is 0.339 e. The first-order valence-electron chi connectivity index (χ1n) is 7.95. The zero-order valence-corrected chi connectivity index (χ0v) is 16.9. The number of anilines is 1. The minimum Gasteiger partial charge on any atom is -0.507 e. The van der Waals surface area contributed by atoms with Crippen LogP contribution in [0.2, 0.25) is 0 Å². The molecule has 3 N–H and O–H groups in total. The van der Waals surface area contributed by atoms with Crippen LogP contribution in [0.25, 0.3) is 6.08 Å². The number of carbonyl (C=O) groups excluding carboxylic acids is 2. The van der Waals surface area contributed by atoms with Crippen molar-refractivity contribution in [2.75, 3.05) is 5.32 Å². The molecule has 0 aliphatic carbocycles. The smallest absolute Gasteiger partial charge is 0.339 e. The second-order valence-corrected chi connectivity index (χ2v) is 8.42. The molecule has 1 saturated heterocycles. The van der Waals surface area contributed by atoms with E-state index in [0.29, 0.717) is 4.91 Å². The zero-order valence-electron chi connectivity index (χ0n) is 14.4. The molecule has 2 amide bonds. The van der Waals surface area contributed by atoms with Crippen molar-refractivity contribution in [1.29, 1.82) is 0 Å². The van der Waals surface area contributed by atoms with Crippen molar-refractivity contribution in [2.24, 2.45) is 0 Å². The third-order valence-electron chi connectivity index (χ3n) is 3.90. The summed E-state index contributed by atoms with van der Waals surface area (Å²) in [5.41, 5.74) is -0.151. The second kappa shape index (κ2) is 8.13. The van der Waals surface area contributed by atoms with Crippen LogP contribution in [0.15, 0.2) is 40.6 Å². The van der Waals surface area contributed by atoms with E-state index in [0.717, 1.165) is 22.7 Å². The van der Waals surface area contributed by atoms with Gasteiger partial charge in [-0.05, 0) is 42.6 Å². The van der Waals surface area contributed by atoms with Crippen molar-refractivity contribution in [3.8, 4) is 5.75 Å². The van der Waals surface area contributed by atoms with E-state index in [-0.39, 0.29) is 21.5 Å². The normalized spacial score (nSPS) is 16.5. The fourth-order valence-corrected chi connectivity index (χ4v) is 4.61. The van der Waals surface area contributed by atoms with E-state index in [9.17, 15) is 19.5 Å². The summed E-state index contributed by atoms with van der Waals surface area (Å²) >= 11 is 7.87. The van der Waals surface area contributed by atoms with Gasteiger partial charge in [0, 0.05) is 10.6 Å². The fourth-order valence-electron chi connectivity index (χ4n) is 2.47. The molecule has 7 nitrogen and oxygen atoms in total. The summed E-state index contributed by atoms with van der Waals surface area (Å²) < 4.78 is 0.271. The van der Waals surface area contributed by atoms with Gasteiger partial charge >= 0.3 is 5.97 Å². The molecular weight excluding hydrogens is 420 g/mol. The number of aromatic hydroxyl groups is 1. The van der Waals surface area contributed by atoms with Gasteiger partial charge < -0.3 is 15.5 Å². The van der Waals surface area contributed by atoms with Gasteiger partial charge in [-0.15, -0.1) is 11.3 Å². The fraction of sp³-hybridized carbons (Fsp3) is 0.111. The molecule has 1 aliphatic rings. The van der Waals surface area contributed by atoms with Crippen LogP contribution in [0.3, 0.4) is 0 Å². The molecule has 144 valence electrons. The summed E-state index contributed by atoms with van der Waals surface area (Å²) in [6, 6.07) is 6.53. The Balaban J connectivity index is 1.76. The Morgan fingerprint density at radius 1 is 1.32 bits per heavy atom. The highest BCUT2D eigenvalue weighted by atomic mass is 32.2. The topological polar surface area (TPSA) is 107 Å². The molecule has 1 atom stereocenters. The Bertz CT molecular complexity index is 1000. The number of phenols is 1. The van der Waals surface area contributed by atoms with E-state index in [4.69, 9.17) is 17.3 Å². The lowest BCUT2D eigenvalue weighted by Crippen LogP contribution is -2.44. The van der Waals surface area contributed by atoms with Crippen molar-refractivity contribution in [3.63, 3.8) is 0 Å². The lowest BCUT2D eigenvalue weighted by Gasteiger charge is -2.22. The summed E-state index contributed by atoms with van der Waals surface area (Å²) in [5, 5.41) is 23.1. The molecule has 10 heteroatoms. The van der Waals surface area contributed by atoms with E-state index < -0.39 is 23.7 Å². The number of benzene rings is 1. The molecule has 1 aliphatic heterocycles. The monoisotopic (exact) mass is 434 g/mol. The number of hydrogen-bond donors (Lipinski definition) is 3. The Labute approximate surface area is 173 Å². The number of thiocarbonyl (C=S) groups is 1. The first-order valence-corrected chi connectivity index (χ1v) is 10.1. The van der Waals surface area contributed by atoms with Crippen LogP contribution in [-0.2, 0) is 9.59 Å². The molecule has 2 heterocycles. The van der Waals surface area contributed by atoms with Crippen LogP contribution < -0.4 is 5.32 Å². The average molecular weight is 435 g/mol. The van der Waals surface area contributed by atoms with Crippen molar-refractivity contribution in [3.05, 3.63) is 51.1 Å². The number of nitrogens with one attached hydrogen (secondary N) is 1. The van der Waals surface area contributed by atoms with Crippen molar-refractivity contribution < 1.29 is 24.6 Å². The summed E-state index contributed by atoms with van der Waals surface area (Å²) in [5.74, 6) is -2.62. The molecule has 2 aromatic rings. The highest BCUT2D eigenvalue weighted by Gasteiger charge is 2.38. The summed E-state index contributed by atoms with van der Waals surface area (Å²) in [6.07, 6.45) is 1.73. The molecule has 0 bridgehead atoms. The van der Waals surface area contributed by atoms with E-state index in [1.54, 1.807) is 6.08 Å². The number of hydrogen-bond acceptors (Lipinski definition) is 7. The van der Waals surface area contributed by atoms with Gasteiger partial charge in [-0.25, -0.2) is 4.79 Å². The van der Waals surface area contributed by atoms with Crippen LogP contribution in [-0.4, -0.2) is 43.3 Å². The molecule has 1 fully saturated rings. The Morgan fingerprint density at radius 2 is 2.07 bits per heavy atom. The highest BCUT2D eigenvalue weighted by molar-refractivity contribution is 8.26. The van der Waals surface area contributed by atoms with E-state index in [1.807, 2.05) is 17.5 Å². The Morgan fingerprint density at radius 3 is 2.71 bits per heavy atom. The number of thioether (sulfide) groups is 1. The van der Waals surface area contributed by atoms with Gasteiger partial charge in [0.25, 0.3) is 5.91 Å². The molecule has 0 radical (unpaired) electrons. The molecule has 0 spiro atoms. The molecule has 28 heavy (non-hydrogen) atoms. The second-order valence-electron chi connectivity index (χ2n) is 5.77. The molecular formula is C18H14N2O5S3. The third kappa shape index (κ3) is 4.08. The van der Waals surface area contributed by atoms with E-state index in [2.05, 4.69) is 5.32 Å². The lowest BCUT2D eigenvalue weighted by atomic mass is 10.1. The molecule has 0 saturated carbocycles. The van der Waals surface area contributed by atoms with Crippen LogP contribution >= 0.6 is 35.3 Å². The van der Waals surface area contributed by atoms with Gasteiger partial charge in [-0.3, -0.25) is 14.5 Å². The molecule has 0 unspecified atom stereocenters. The zero-order chi connectivity index (χ0) is 20.4. The van der Waals surface area contributed by atoms with Crippen molar-refractivity contribution >= 4 is 69.2 Å². The number of carboxylic acid groups (broad SMARTS) is 1. The van der Waals surface area contributed by atoms with Gasteiger partial charge in [-0.1, -0.05) is 30.0 Å². The summed E-state index contributed by atoms with van der Waals surface area (Å²) in [6.45, 7) is 1.53. The van der Waals surface area contributed by atoms with Crippen molar-refractivity contribution in [2.45, 2.75) is 13.0 Å². The third-order valence-corrected chi connectivity index (χ3v) is 6.05. The quantitative estimate of drug-likeness (QED) is 0.376. The Hall–Kier alpha value is -2.69. The number of rotatable bonds is 5. The van der Waals surface area contributed by atoms with Crippen LogP contribution in [0.4, 0.5) is 5.69 Å². The van der Waals surface area contributed by atoms with Gasteiger partial charge in [-0.2, -0.15) is 0 Å². The average Bonchev–Trinajstić information content (AvgIpc) is 3.24. The van der Waals surface area contributed by atoms with E-state index >= 15 is 0 Å². The number of carbonyl (C=O) groups is 3. The van der Waals surface area contributed by atoms with Crippen LogP contribution in [0.1, 0.15) is 22.2 Å². The van der Waals surface area contributed by atoms with Crippen LogP contribution in [0, 0.1) is 0 Å². The van der Waals surface area contributed by atoms with Gasteiger partial charge in [0.2, 0.25) is 5.91 Å². The largest absolute Gasteiger partial charge is 0.507 e. The lowest BCUT2D eigenvalue weighted by molar-refractivity contribution is -0.129. The van der Waals surface area contributed by atoms with Crippen LogP contribution in [0.5, 0.6) is 5.75 Å². The molecule has 1 aromatic heterocycles.